The lowest BCUT2D eigenvalue weighted by atomic mass is 9.87. The normalized spacial score (nSPS) is 19.0. The number of piperidine rings is 1. The number of hydrogen-bond donors (Lipinski definition) is 1. The Labute approximate surface area is 167 Å². The van der Waals surface area contributed by atoms with Gasteiger partial charge >= 0.3 is 0 Å². The van der Waals surface area contributed by atoms with Crippen molar-refractivity contribution in [1.29, 1.82) is 0 Å². The number of rotatable bonds is 6. The van der Waals surface area contributed by atoms with E-state index in [-0.39, 0.29) is 30.2 Å². The van der Waals surface area contributed by atoms with Crippen molar-refractivity contribution in [2.75, 3.05) is 26.7 Å². The van der Waals surface area contributed by atoms with E-state index in [2.05, 4.69) is 5.32 Å². The van der Waals surface area contributed by atoms with E-state index in [4.69, 9.17) is 0 Å². The minimum Gasteiger partial charge on any atom is -0.352 e. The van der Waals surface area contributed by atoms with E-state index in [1.165, 1.54) is 31.4 Å². The molecule has 3 rings (SSSR count). The van der Waals surface area contributed by atoms with Crippen LogP contribution in [-0.2, 0) is 16.1 Å². The first-order valence-electron chi connectivity index (χ1n) is 10.5. The number of likely N-dealkylation sites (tertiary alicyclic amines) is 1. The van der Waals surface area contributed by atoms with Gasteiger partial charge in [-0.25, -0.2) is 4.39 Å². The first kappa shape index (κ1) is 20.8. The third-order valence-corrected chi connectivity index (χ3v) is 5.88. The summed E-state index contributed by atoms with van der Waals surface area (Å²) >= 11 is 0. The van der Waals surface area contributed by atoms with Gasteiger partial charge in [0.1, 0.15) is 5.82 Å². The molecular formula is C22H32FN3O2. The third-order valence-electron chi connectivity index (χ3n) is 5.88. The second kappa shape index (κ2) is 10.0. The smallest absolute Gasteiger partial charge is 0.234 e. The van der Waals surface area contributed by atoms with Crippen LogP contribution in [0.3, 0.4) is 0 Å². The number of amides is 2. The average Bonchev–Trinajstić information content (AvgIpc) is 2.68. The zero-order valence-corrected chi connectivity index (χ0v) is 16.8. The van der Waals surface area contributed by atoms with Crippen LogP contribution in [0.2, 0.25) is 0 Å². The summed E-state index contributed by atoms with van der Waals surface area (Å²) < 4.78 is 13.3. The first-order valence-corrected chi connectivity index (χ1v) is 10.5. The molecule has 0 aromatic heterocycles. The van der Waals surface area contributed by atoms with E-state index in [0.717, 1.165) is 44.3 Å². The van der Waals surface area contributed by atoms with E-state index < -0.39 is 0 Å². The van der Waals surface area contributed by atoms with E-state index in [1.54, 1.807) is 6.07 Å². The topological polar surface area (TPSA) is 52.7 Å². The predicted octanol–water partition coefficient (Wildman–Crippen LogP) is 2.95. The molecule has 0 atom stereocenters. The Morgan fingerprint density at radius 1 is 1.14 bits per heavy atom. The van der Waals surface area contributed by atoms with Crippen molar-refractivity contribution >= 4 is 11.8 Å². The quantitative estimate of drug-likeness (QED) is 0.814. The Hall–Kier alpha value is -1.95. The molecule has 1 aromatic rings. The molecule has 2 amide bonds. The summed E-state index contributed by atoms with van der Waals surface area (Å²) in [7, 11) is 1.86. The fourth-order valence-corrected chi connectivity index (χ4v) is 4.37. The van der Waals surface area contributed by atoms with Crippen molar-refractivity contribution in [3.63, 3.8) is 0 Å². The van der Waals surface area contributed by atoms with Crippen LogP contribution >= 0.6 is 0 Å². The second-order valence-corrected chi connectivity index (χ2v) is 8.30. The van der Waals surface area contributed by atoms with Crippen molar-refractivity contribution in [2.24, 2.45) is 5.92 Å². The number of nitrogens with one attached hydrogen (secondary N) is 1. The lowest BCUT2D eigenvalue weighted by molar-refractivity contribution is -0.137. The summed E-state index contributed by atoms with van der Waals surface area (Å²) in [6, 6.07) is 6.58. The molecule has 154 valence electrons. The summed E-state index contributed by atoms with van der Waals surface area (Å²) in [5.74, 6) is 0.261. The predicted molar refractivity (Wildman–Crippen MR) is 107 cm³/mol. The monoisotopic (exact) mass is 389 g/mol. The third kappa shape index (κ3) is 6.03. The molecule has 1 saturated carbocycles. The van der Waals surface area contributed by atoms with Gasteiger partial charge in [0, 0.05) is 31.6 Å². The Kier molecular flexibility index (Phi) is 7.43. The molecule has 0 radical (unpaired) electrons. The van der Waals surface area contributed by atoms with Gasteiger partial charge in [0.2, 0.25) is 11.8 Å². The fraction of sp³-hybridized carbons (Fsp3) is 0.636. The van der Waals surface area contributed by atoms with Crippen molar-refractivity contribution < 1.29 is 14.0 Å². The number of likely N-dealkylation sites (N-methyl/N-ethyl adjacent to an activating group) is 1. The molecule has 1 aromatic carbocycles. The highest BCUT2D eigenvalue weighted by Crippen LogP contribution is 2.26. The molecule has 1 saturated heterocycles. The van der Waals surface area contributed by atoms with Crippen molar-refractivity contribution in [3.05, 3.63) is 35.6 Å². The first-order chi connectivity index (χ1) is 13.5. The average molecular weight is 390 g/mol. The van der Waals surface area contributed by atoms with E-state index >= 15 is 0 Å². The molecule has 6 heteroatoms. The molecule has 1 N–H and O–H groups in total. The number of hydrogen-bond acceptors (Lipinski definition) is 3. The standard InChI is InChI=1S/C22H32FN3O2/c1-25(15-17-6-5-9-19(23)14-17)16-21(27)24-20-10-12-26(13-11-20)22(28)18-7-3-2-4-8-18/h5-6,9,14,18,20H,2-4,7-8,10-13,15-16H2,1H3,(H,24,27). The lowest BCUT2D eigenvalue weighted by Gasteiger charge is -2.35. The van der Waals surface area contributed by atoms with Crippen LogP contribution in [0.4, 0.5) is 4.39 Å². The zero-order chi connectivity index (χ0) is 19.9. The largest absolute Gasteiger partial charge is 0.352 e. The molecule has 0 unspecified atom stereocenters. The number of carbonyl (C=O) groups is 2. The van der Waals surface area contributed by atoms with Crippen LogP contribution < -0.4 is 5.32 Å². The SMILES string of the molecule is CN(CC(=O)NC1CCN(C(=O)C2CCCCC2)CC1)Cc1cccc(F)c1. The van der Waals surface area contributed by atoms with Crippen LogP contribution in [0, 0.1) is 11.7 Å². The van der Waals surface area contributed by atoms with Gasteiger partial charge in [0.05, 0.1) is 6.54 Å². The highest BCUT2D eigenvalue weighted by Gasteiger charge is 2.29. The highest BCUT2D eigenvalue weighted by atomic mass is 19.1. The summed E-state index contributed by atoms with van der Waals surface area (Å²) in [5, 5.41) is 3.09. The maximum Gasteiger partial charge on any atom is 0.234 e. The maximum atomic E-state index is 13.3. The van der Waals surface area contributed by atoms with E-state index in [9.17, 15) is 14.0 Å². The van der Waals surface area contributed by atoms with Crippen LogP contribution in [0.1, 0.15) is 50.5 Å². The Morgan fingerprint density at radius 2 is 1.86 bits per heavy atom. The maximum absolute atomic E-state index is 13.3. The molecule has 1 aliphatic heterocycles. The van der Waals surface area contributed by atoms with Crippen LogP contribution in [0.25, 0.3) is 0 Å². The van der Waals surface area contributed by atoms with Gasteiger partial charge in [0.25, 0.3) is 0 Å². The van der Waals surface area contributed by atoms with Gasteiger partial charge in [-0.3, -0.25) is 14.5 Å². The molecule has 1 heterocycles. The van der Waals surface area contributed by atoms with Gasteiger partial charge in [0.15, 0.2) is 0 Å². The molecular weight excluding hydrogens is 357 g/mol. The fourth-order valence-electron chi connectivity index (χ4n) is 4.37. The number of halogens is 1. The van der Waals surface area contributed by atoms with Gasteiger partial charge in [-0.1, -0.05) is 31.4 Å². The molecule has 0 bridgehead atoms. The van der Waals surface area contributed by atoms with Crippen LogP contribution in [0.15, 0.2) is 24.3 Å². The van der Waals surface area contributed by atoms with E-state index in [1.807, 2.05) is 22.9 Å². The van der Waals surface area contributed by atoms with Crippen LogP contribution in [0.5, 0.6) is 0 Å². The Bertz CT molecular complexity index is 668. The zero-order valence-electron chi connectivity index (χ0n) is 16.8. The van der Waals surface area contributed by atoms with Gasteiger partial charge in [-0.2, -0.15) is 0 Å². The highest BCUT2D eigenvalue weighted by molar-refractivity contribution is 5.79. The lowest BCUT2D eigenvalue weighted by Crippen LogP contribution is -2.49. The summed E-state index contributed by atoms with van der Waals surface area (Å²) in [4.78, 5) is 28.8. The van der Waals surface area contributed by atoms with Gasteiger partial charge < -0.3 is 10.2 Å². The van der Waals surface area contributed by atoms with Gasteiger partial charge in [-0.05, 0) is 50.4 Å². The molecule has 5 nitrogen and oxygen atoms in total. The summed E-state index contributed by atoms with van der Waals surface area (Å²) in [6.45, 7) is 2.27. The van der Waals surface area contributed by atoms with Crippen LogP contribution in [-0.4, -0.2) is 54.3 Å². The molecule has 1 aliphatic carbocycles. The molecule has 28 heavy (non-hydrogen) atoms. The molecule has 0 spiro atoms. The number of carbonyl (C=O) groups excluding carboxylic acids is 2. The van der Waals surface area contributed by atoms with Crippen molar-refractivity contribution in [1.82, 2.24) is 15.1 Å². The van der Waals surface area contributed by atoms with E-state index in [0.29, 0.717) is 12.5 Å². The number of benzene rings is 1. The summed E-state index contributed by atoms with van der Waals surface area (Å²) in [6.07, 6.45) is 7.31. The minimum atomic E-state index is -0.259. The van der Waals surface area contributed by atoms with Crippen molar-refractivity contribution in [2.45, 2.75) is 57.5 Å². The Morgan fingerprint density at radius 3 is 2.54 bits per heavy atom. The second-order valence-electron chi connectivity index (χ2n) is 8.30. The number of nitrogens with zero attached hydrogens (tertiary/aromatic N) is 2. The molecule has 2 fully saturated rings. The van der Waals surface area contributed by atoms with Gasteiger partial charge in [-0.15, -0.1) is 0 Å². The van der Waals surface area contributed by atoms with Crippen molar-refractivity contribution in [3.8, 4) is 0 Å². The molecule has 2 aliphatic rings. The summed E-state index contributed by atoms with van der Waals surface area (Å²) in [5.41, 5.74) is 0.852. The Balaban J connectivity index is 1.38. The minimum absolute atomic E-state index is 0.0176.